The minimum Gasteiger partial charge on any atom is -0.286 e. The molecule has 1 heterocycles. The molecule has 0 amide bonds. The lowest BCUT2D eigenvalue weighted by Crippen LogP contribution is -2.40. The van der Waals surface area contributed by atoms with E-state index in [1.165, 1.54) is 11.8 Å². The molecule has 0 spiro atoms. The lowest BCUT2D eigenvalue weighted by molar-refractivity contribution is -0.117. The van der Waals surface area contributed by atoms with E-state index in [0.29, 0.717) is 6.54 Å². The first kappa shape index (κ1) is 8.04. The van der Waals surface area contributed by atoms with E-state index in [0.717, 1.165) is 12.3 Å². The number of hydrogen-bond donors (Lipinski definition) is 0. The summed E-state index contributed by atoms with van der Waals surface area (Å²) >= 11 is 1.32. The van der Waals surface area contributed by atoms with Crippen LogP contribution in [0.3, 0.4) is 0 Å². The predicted octanol–water partition coefficient (Wildman–Crippen LogP) is 0.338. The van der Waals surface area contributed by atoms with E-state index in [-0.39, 0.29) is 5.12 Å². The van der Waals surface area contributed by atoms with Gasteiger partial charge in [-0.05, 0) is 6.92 Å². The van der Waals surface area contributed by atoms with E-state index < -0.39 is 6.23 Å². The van der Waals surface area contributed by atoms with Crippen molar-refractivity contribution in [3.05, 3.63) is 0 Å². The first-order valence-electron chi connectivity index (χ1n) is 3.25. The highest BCUT2D eigenvalue weighted by Crippen LogP contribution is 2.12. The number of carbonyl (C=O) groups excluding carboxylic acids is 1. The summed E-state index contributed by atoms with van der Waals surface area (Å²) in [4.78, 5) is 12.4. The van der Waals surface area contributed by atoms with Gasteiger partial charge in [0.2, 0.25) is 5.12 Å². The number of hydrogen-bond acceptors (Lipinski definition) is 3. The molecule has 1 fully saturated rings. The molecule has 1 radical (unpaired) electrons. The zero-order valence-electron chi connectivity index (χ0n) is 5.87. The van der Waals surface area contributed by atoms with Crippen LogP contribution in [0.1, 0.15) is 6.92 Å². The maximum absolute atomic E-state index is 10.8. The Labute approximate surface area is 64.4 Å². The number of rotatable bonds is 1. The molecule has 1 atom stereocenters. The van der Waals surface area contributed by atoms with E-state index >= 15 is 0 Å². The summed E-state index contributed by atoms with van der Waals surface area (Å²) < 4.78 is 0. The Balaban J connectivity index is 2.39. The molecule has 0 bridgehead atoms. The van der Waals surface area contributed by atoms with Crippen LogP contribution in [-0.2, 0) is 9.90 Å². The van der Waals surface area contributed by atoms with Crippen molar-refractivity contribution in [2.75, 3.05) is 18.8 Å². The van der Waals surface area contributed by atoms with Crippen LogP contribution in [0.25, 0.3) is 0 Å². The summed E-state index contributed by atoms with van der Waals surface area (Å²) in [7, 11) is 0. The summed E-state index contributed by atoms with van der Waals surface area (Å²) in [5, 5.41) is 10.9. The van der Waals surface area contributed by atoms with Crippen molar-refractivity contribution in [2.24, 2.45) is 0 Å². The molecule has 0 saturated carbocycles. The van der Waals surface area contributed by atoms with Gasteiger partial charge in [-0.2, -0.15) is 0 Å². The largest absolute Gasteiger partial charge is 0.286 e. The molecule has 1 aliphatic rings. The molecule has 3 nitrogen and oxygen atoms in total. The molecular formula is C6H10NO2S. The Morgan fingerprint density at radius 2 is 2.40 bits per heavy atom. The van der Waals surface area contributed by atoms with Gasteiger partial charge in [-0.25, -0.2) is 5.11 Å². The lowest BCUT2D eigenvalue weighted by atomic mass is 10.4. The summed E-state index contributed by atoms with van der Waals surface area (Å²) in [5.41, 5.74) is 0. The molecule has 57 valence electrons. The van der Waals surface area contributed by atoms with E-state index in [4.69, 9.17) is 0 Å². The van der Waals surface area contributed by atoms with Crippen molar-refractivity contribution in [3.63, 3.8) is 0 Å². The van der Waals surface area contributed by atoms with Crippen LogP contribution in [0, 0.1) is 0 Å². The van der Waals surface area contributed by atoms with E-state index in [2.05, 4.69) is 0 Å². The normalized spacial score (nSPS) is 24.8. The molecule has 0 aliphatic carbocycles. The average Bonchev–Trinajstić information content (AvgIpc) is 1.88. The fourth-order valence-corrected chi connectivity index (χ4v) is 1.69. The Morgan fingerprint density at radius 3 is 2.80 bits per heavy atom. The predicted molar refractivity (Wildman–Crippen MR) is 39.2 cm³/mol. The highest BCUT2D eigenvalue weighted by Gasteiger charge is 2.20. The van der Waals surface area contributed by atoms with E-state index in [9.17, 15) is 9.90 Å². The molecule has 4 heteroatoms. The maximum Gasteiger partial charge on any atom is 0.203 e. The van der Waals surface area contributed by atoms with Gasteiger partial charge in [-0.3, -0.25) is 9.69 Å². The topological polar surface area (TPSA) is 40.2 Å². The van der Waals surface area contributed by atoms with Gasteiger partial charge in [0.15, 0.2) is 0 Å². The molecule has 0 aromatic rings. The van der Waals surface area contributed by atoms with Gasteiger partial charge in [0, 0.05) is 12.3 Å². The maximum atomic E-state index is 10.8. The van der Waals surface area contributed by atoms with Crippen LogP contribution in [0.4, 0.5) is 0 Å². The van der Waals surface area contributed by atoms with Crippen LogP contribution in [0.5, 0.6) is 0 Å². The van der Waals surface area contributed by atoms with Gasteiger partial charge in [0.1, 0.15) is 6.23 Å². The number of nitrogens with zero attached hydrogens (tertiary/aromatic N) is 1. The quantitative estimate of drug-likeness (QED) is 0.555. The molecule has 10 heavy (non-hydrogen) atoms. The smallest absolute Gasteiger partial charge is 0.203 e. The number of carbonyl (C=O) groups is 1. The molecule has 1 unspecified atom stereocenters. The van der Waals surface area contributed by atoms with Crippen molar-refractivity contribution >= 4 is 16.9 Å². The van der Waals surface area contributed by atoms with Crippen molar-refractivity contribution in [2.45, 2.75) is 13.2 Å². The van der Waals surface area contributed by atoms with Crippen molar-refractivity contribution in [3.8, 4) is 0 Å². The van der Waals surface area contributed by atoms with Gasteiger partial charge in [-0.15, -0.1) is 0 Å². The first-order valence-corrected chi connectivity index (χ1v) is 4.24. The molecule has 1 saturated heterocycles. The van der Waals surface area contributed by atoms with Crippen LogP contribution in [0.2, 0.25) is 0 Å². The average molecular weight is 160 g/mol. The third-order valence-corrected chi connectivity index (χ3v) is 2.33. The first-order chi connectivity index (χ1) is 4.70. The summed E-state index contributed by atoms with van der Waals surface area (Å²) in [5.74, 6) is 0.769. The van der Waals surface area contributed by atoms with Gasteiger partial charge in [-0.1, -0.05) is 11.8 Å². The Hall–Kier alpha value is -0.0600. The minimum absolute atomic E-state index is 0.119. The van der Waals surface area contributed by atoms with Crippen molar-refractivity contribution < 1.29 is 9.90 Å². The zero-order chi connectivity index (χ0) is 7.56. The molecule has 0 aromatic carbocycles. The summed E-state index contributed by atoms with van der Waals surface area (Å²) in [6.45, 7) is 2.65. The Kier molecular flexibility index (Phi) is 2.71. The molecule has 1 rings (SSSR count). The highest BCUT2D eigenvalue weighted by molar-refractivity contribution is 8.13. The van der Waals surface area contributed by atoms with Crippen molar-refractivity contribution in [1.29, 1.82) is 0 Å². The second-order valence-corrected chi connectivity index (χ2v) is 3.44. The third kappa shape index (κ3) is 1.97. The summed E-state index contributed by atoms with van der Waals surface area (Å²) in [6.07, 6.45) is -0.732. The molecule has 0 N–H and O–H groups in total. The third-order valence-electron chi connectivity index (χ3n) is 1.49. The van der Waals surface area contributed by atoms with Crippen molar-refractivity contribution in [1.82, 2.24) is 4.90 Å². The SMILES string of the molecule is CC([O])N1CCSC(=O)C1. The lowest BCUT2D eigenvalue weighted by Gasteiger charge is -2.25. The molecule has 1 aliphatic heterocycles. The fourth-order valence-electron chi connectivity index (χ4n) is 0.878. The van der Waals surface area contributed by atoms with Gasteiger partial charge >= 0.3 is 0 Å². The monoisotopic (exact) mass is 160 g/mol. The van der Waals surface area contributed by atoms with E-state index in [1.807, 2.05) is 0 Å². The highest BCUT2D eigenvalue weighted by atomic mass is 32.2. The van der Waals surface area contributed by atoms with Gasteiger partial charge in [0.05, 0.1) is 6.54 Å². The van der Waals surface area contributed by atoms with Crippen LogP contribution >= 0.6 is 11.8 Å². The fraction of sp³-hybridized carbons (Fsp3) is 0.833. The van der Waals surface area contributed by atoms with Crippen LogP contribution in [-0.4, -0.2) is 35.1 Å². The molecular weight excluding hydrogens is 150 g/mol. The second-order valence-electron chi connectivity index (χ2n) is 2.29. The van der Waals surface area contributed by atoms with E-state index in [1.54, 1.807) is 11.8 Å². The second kappa shape index (κ2) is 3.37. The molecule has 0 aromatic heterocycles. The zero-order valence-corrected chi connectivity index (χ0v) is 6.69. The minimum atomic E-state index is -0.732. The van der Waals surface area contributed by atoms with Crippen LogP contribution < -0.4 is 0 Å². The Morgan fingerprint density at radius 1 is 1.70 bits per heavy atom. The Bertz CT molecular complexity index is 138. The summed E-state index contributed by atoms with van der Waals surface area (Å²) in [6, 6.07) is 0. The number of thioether (sulfide) groups is 1. The van der Waals surface area contributed by atoms with Gasteiger partial charge < -0.3 is 0 Å². The van der Waals surface area contributed by atoms with Gasteiger partial charge in [0.25, 0.3) is 0 Å². The standard InChI is InChI=1S/C6H10NO2S/c1-5(8)7-2-3-10-6(9)4-7/h5H,2-4H2,1H3. The van der Waals surface area contributed by atoms with Crippen LogP contribution in [0.15, 0.2) is 0 Å².